The number of primary amides is 1. The van der Waals surface area contributed by atoms with Gasteiger partial charge in [0.25, 0.3) is 0 Å². The molecule has 2 heterocycles. The highest BCUT2D eigenvalue weighted by Crippen LogP contribution is 2.20. The van der Waals surface area contributed by atoms with E-state index in [0.29, 0.717) is 39.2 Å². The number of aromatic nitrogens is 3. The molecule has 89 heavy (non-hydrogen) atoms. The minimum absolute atomic E-state index is 0.0175. The van der Waals surface area contributed by atoms with E-state index in [2.05, 4.69) is 62.5 Å². The highest BCUT2D eigenvalue weighted by molar-refractivity contribution is 7.98. The number of nitrogens with zero attached hydrogens (tertiary/aromatic N) is 2. The number of aliphatic carboxylic acids is 2. The van der Waals surface area contributed by atoms with Crippen molar-refractivity contribution in [3.8, 4) is 0 Å². The summed E-state index contributed by atoms with van der Waals surface area (Å²) in [4.78, 5) is 164. The molecule has 0 saturated heterocycles. The lowest BCUT2D eigenvalue weighted by atomic mass is 9.99. The van der Waals surface area contributed by atoms with Gasteiger partial charge in [0.05, 0.1) is 12.4 Å². The number of nitrogens with one attached hydrogen (secondary N) is 10. The van der Waals surface area contributed by atoms with Crippen LogP contribution in [0.2, 0.25) is 0 Å². The number of hydrogen-bond acceptors (Lipinski definition) is 16. The monoisotopic (exact) mass is 1280 g/mol. The van der Waals surface area contributed by atoms with Gasteiger partial charge < -0.3 is 85.6 Å². The van der Waals surface area contributed by atoms with Crippen molar-refractivity contribution in [2.75, 3.05) is 30.6 Å². The molecule has 0 bridgehead atoms. The van der Waals surface area contributed by atoms with Crippen molar-refractivity contribution in [3.05, 3.63) is 90.1 Å². The number of aromatic amines is 2. The van der Waals surface area contributed by atoms with Gasteiger partial charge in [-0.15, -0.1) is 0 Å². The van der Waals surface area contributed by atoms with Gasteiger partial charge in [0.1, 0.15) is 48.3 Å². The first kappa shape index (κ1) is 72.8. The Bertz CT molecular complexity index is 3040. The Hall–Kier alpha value is -8.71. The van der Waals surface area contributed by atoms with Gasteiger partial charge in [-0.2, -0.15) is 23.5 Å². The van der Waals surface area contributed by atoms with Crippen LogP contribution in [0, 0.1) is 5.92 Å². The molecule has 486 valence electrons. The number of carbonyl (C=O) groups excluding carboxylic acids is 9. The Labute approximate surface area is 523 Å². The molecular formula is C58H84N16O13S2. The maximum atomic E-state index is 14.8. The van der Waals surface area contributed by atoms with Gasteiger partial charge in [-0.05, 0) is 92.1 Å². The molecule has 0 fully saturated rings. The number of carbonyl (C=O) groups is 11. The second-order valence-electron chi connectivity index (χ2n) is 21.5. The summed E-state index contributed by atoms with van der Waals surface area (Å²) >= 11 is 2.73. The number of carboxylic acid groups (broad SMARTS) is 2. The van der Waals surface area contributed by atoms with Crippen LogP contribution in [0.15, 0.2) is 78.3 Å². The summed E-state index contributed by atoms with van der Waals surface area (Å²) in [5.74, 6) is -9.96. The number of H-pyrrole nitrogens is 2. The molecule has 20 N–H and O–H groups in total. The number of nitrogens with two attached hydrogens (primary N) is 4. The molecule has 9 amide bonds. The minimum Gasteiger partial charge on any atom is -0.481 e. The quantitative estimate of drug-likeness (QED) is 0.0143. The first-order chi connectivity index (χ1) is 42.4. The first-order valence-corrected chi connectivity index (χ1v) is 31.7. The number of rotatable bonds is 41. The number of benzene rings is 2. The van der Waals surface area contributed by atoms with Gasteiger partial charge in [0.2, 0.25) is 53.2 Å². The topological polar surface area (TPSA) is 485 Å². The number of para-hydroxylation sites is 1. The van der Waals surface area contributed by atoms with Crippen molar-refractivity contribution >= 4 is 105 Å². The molecule has 2 aromatic carbocycles. The number of thioether (sulfide) groups is 2. The first-order valence-electron chi connectivity index (χ1n) is 28.9. The Morgan fingerprint density at radius 3 is 1.61 bits per heavy atom. The van der Waals surface area contributed by atoms with E-state index in [-0.39, 0.29) is 76.2 Å². The van der Waals surface area contributed by atoms with Crippen LogP contribution in [-0.4, -0.2) is 181 Å². The number of carboxylic acids is 2. The maximum absolute atomic E-state index is 14.8. The lowest BCUT2D eigenvalue weighted by molar-refractivity contribution is -0.142. The second-order valence-corrected chi connectivity index (χ2v) is 23.5. The predicted molar refractivity (Wildman–Crippen MR) is 336 cm³/mol. The molecule has 0 saturated carbocycles. The number of imidazole rings is 1. The van der Waals surface area contributed by atoms with E-state index < -0.39 is 139 Å². The third kappa shape index (κ3) is 25.9. The molecule has 9 atom stereocenters. The van der Waals surface area contributed by atoms with Gasteiger partial charge in [-0.25, -0.2) is 9.78 Å². The third-order valence-electron chi connectivity index (χ3n) is 14.0. The van der Waals surface area contributed by atoms with Gasteiger partial charge in [0, 0.05) is 67.6 Å². The lowest BCUT2D eigenvalue weighted by Gasteiger charge is -2.28. The summed E-state index contributed by atoms with van der Waals surface area (Å²) in [6.45, 7) is 3.60. The number of amides is 9. The van der Waals surface area contributed by atoms with E-state index >= 15 is 0 Å². The normalized spacial score (nSPS) is 14.2. The number of aliphatic imine (C=N–C) groups is 1. The number of guanidine groups is 1. The standard InChI is InChI=1S/C58H84N16O13S2/c1-32(2)25-43(72-54(83)44(26-33-11-6-5-7-12-33)73-56(85)46(28-35-30-63-31-66-35)71-49(78)37(59)16-19-48(76)77)53(82)68-40(17-18-47(60)75)51(80)74-45(27-34-29-65-38-14-9-8-13-36(34)38)55(84)69-41(20-23-88-3)52(81)67-39(15-10-22-64-58(61)62)50(79)70-42(57(86)87)21-24-89-4/h5-9,11-14,29-32,37,39-46,65H,10,15-28,59H2,1-4H3,(H2,60,75)(H,63,66)(H,67,81)(H,68,82)(H,69,84)(H,70,79)(H,71,78)(H,72,83)(H,73,85)(H,74,80)(H,76,77)(H,86,87)(H4,61,62,64)/t37-,39-,40-,41-,42-,43-,44-,45-,46-/m0/s1. The fourth-order valence-corrected chi connectivity index (χ4v) is 10.2. The molecule has 2 aromatic heterocycles. The predicted octanol–water partition coefficient (Wildman–Crippen LogP) is -1.05. The molecule has 0 aliphatic rings. The van der Waals surface area contributed by atoms with Crippen LogP contribution in [0.5, 0.6) is 0 Å². The van der Waals surface area contributed by atoms with Gasteiger partial charge in [0.15, 0.2) is 5.96 Å². The third-order valence-corrected chi connectivity index (χ3v) is 15.3. The summed E-state index contributed by atoms with van der Waals surface area (Å²) < 4.78 is 0. The van der Waals surface area contributed by atoms with Crippen molar-refractivity contribution < 1.29 is 63.0 Å². The number of hydrogen-bond donors (Lipinski definition) is 16. The fraction of sp³-hybridized carbons (Fsp3) is 0.500. The molecule has 4 rings (SSSR count). The molecule has 31 heteroatoms. The molecule has 4 aromatic rings. The minimum atomic E-state index is -1.59. The summed E-state index contributed by atoms with van der Waals surface area (Å²) in [7, 11) is 0. The zero-order chi connectivity index (χ0) is 65.6. The van der Waals surface area contributed by atoms with Crippen molar-refractivity contribution in [1.82, 2.24) is 57.5 Å². The zero-order valence-corrected chi connectivity index (χ0v) is 51.8. The van der Waals surface area contributed by atoms with E-state index in [1.54, 1.807) is 87.2 Å². The summed E-state index contributed by atoms with van der Waals surface area (Å²) in [5, 5.41) is 41.0. The Morgan fingerprint density at radius 1 is 0.562 bits per heavy atom. The zero-order valence-electron chi connectivity index (χ0n) is 50.2. The van der Waals surface area contributed by atoms with Crippen LogP contribution in [0.3, 0.4) is 0 Å². The molecular weight excluding hydrogens is 1190 g/mol. The smallest absolute Gasteiger partial charge is 0.326 e. The average Bonchev–Trinajstić information content (AvgIpc) is 2.45. The lowest BCUT2D eigenvalue weighted by Crippen LogP contribution is -2.61. The molecule has 0 aliphatic heterocycles. The molecule has 0 spiro atoms. The van der Waals surface area contributed by atoms with E-state index in [0.717, 1.165) is 0 Å². The Balaban J connectivity index is 1.67. The van der Waals surface area contributed by atoms with Gasteiger partial charge in [-0.3, -0.25) is 52.9 Å². The van der Waals surface area contributed by atoms with E-state index in [4.69, 9.17) is 22.9 Å². The van der Waals surface area contributed by atoms with Crippen molar-refractivity contribution in [2.45, 2.75) is 145 Å². The van der Waals surface area contributed by atoms with E-state index in [1.807, 2.05) is 0 Å². The van der Waals surface area contributed by atoms with Crippen LogP contribution >= 0.6 is 23.5 Å². The molecule has 29 nitrogen and oxygen atoms in total. The Kier molecular flexibility index (Phi) is 31.0. The van der Waals surface area contributed by atoms with E-state index in [9.17, 15) is 63.0 Å². The van der Waals surface area contributed by atoms with Gasteiger partial charge in [-0.1, -0.05) is 62.4 Å². The van der Waals surface area contributed by atoms with Crippen molar-refractivity contribution in [3.63, 3.8) is 0 Å². The fourth-order valence-electron chi connectivity index (χ4n) is 9.24. The van der Waals surface area contributed by atoms with Crippen LogP contribution in [0.1, 0.15) is 88.5 Å². The highest BCUT2D eigenvalue weighted by atomic mass is 32.2. The van der Waals surface area contributed by atoms with E-state index in [1.165, 1.54) is 36.0 Å². The average molecular weight is 1280 g/mol. The molecule has 0 aliphatic carbocycles. The largest absolute Gasteiger partial charge is 0.481 e. The maximum Gasteiger partial charge on any atom is 0.326 e. The van der Waals surface area contributed by atoms with Gasteiger partial charge >= 0.3 is 11.9 Å². The van der Waals surface area contributed by atoms with Crippen molar-refractivity contribution in [2.24, 2.45) is 33.8 Å². The van der Waals surface area contributed by atoms with Crippen LogP contribution in [0.25, 0.3) is 10.9 Å². The molecule has 0 unspecified atom stereocenters. The van der Waals surface area contributed by atoms with Crippen LogP contribution < -0.4 is 65.5 Å². The number of fused-ring (bicyclic) bond motifs is 1. The Morgan fingerprint density at radius 2 is 1.06 bits per heavy atom. The highest BCUT2D eigenvalue weighted by Gasteiger charge is 2.36. The summed E-state index contributed by atoms with van der Waals surface area (Å²) in [5.41, 5.74) is 24.9. The summed E-state index contributed by atoms with van der Waals surface area (Å²) in [6.07, 6.45) is 6.22. The molecule has 0 radical (unpaired) electrons. The SMILES string of the molecule is CSCC[C@H](NC(=O)[C@H](CCCN=C(N)N)NC(=O)[C@H](CCSC)NC(=O)[C@H](Cc1c[nH]c2ccccc12)NC(=O)[C@H](CCC(N)=O)NC(=O)[C@H](CC(C)C)NC(=O)[C@H](Cc1ccccc1)NC(=O)[C@H](Cc1cnc[nH]1)NC(=O)[C@@H](N)CCC(=O)O)C(=O)O. The summed E-state index contributed by atoms with van der Waals surface area (Å²) in [6, 6.07) is 3.20. The van der Waals surface area contributed by atoms with Crippen molar-refractivity contribution in [1.29, 1.82) is 0 Å². The van der Waals surface area contributed by atoms with Crippen LogP contribution in [-0.2, 0) is 72.0 Å². The van der Waals surface area contributed by atoms with Crippen LogP contribution in [0.4, 0.5) is 0 Å². The second kappa shape index (κ2) is 37.9.